The van der Waals surface area contributed by atoms with Crippen LogP contribution in [0.5, 0.6) is 5.75 Å². The number of aromatic hydroxyl groups is 1. The molecule has 1 saturated carbocycles. The van der Waals surface area contributed by atoms with Crippen molar-refractivity contribution in [3.8, 4) is 5.75 Å². The van der Waals surface area contributed by atoms with Crippen LogP contribution in [0.4, 0.5) is 19.0 Å². The minimum Gasteiger partial charge on any atom is -0.508 e. The van der Waals surface area contributed by atoms with E-state index in [0.29, 0.717) is 37.9 Å². The summed E-state index contributed by atoms with van der Waals surface area (Å²) in [6.07, 6.45) is -2.62. The normalized spacial score (nSPS) is 28.3. The van der Waals surface area contributed by atoms with Crippen LogP contribution in [0.1, 0.15) is 35.4 Å². The highest BCUT2D eigenvalue weighted by molar-refractivity contribution is 9.10. The number of hydrogen-bond donors (Lipinski definition) is 3. The molecule has 1 aromatic heterocycles. The van der Waals surface area contributed by atoms with Gasteiger partial charge in [-0.2, -0.15) is 23.2 Å². The molecule has 3 aromatic rings. The number of benzene rings is 2. The first kappa shape index (κ1) is 32.6. The van der Waals surface area contributed by atoms with E-state index in [0.717, 1.165) is 0 Å². The number of hydroxylamine groups is 2. The van der Waals surface area contributed by atoms with Gasteiger partial charge in [0.05, 0.1) is 33.8 Å². The van der Waals surface area contributed by atoms with Gasteiger partial charge in [-0.15, -0.1) is 0 Å². The van der Waals surface area contributed by atoms with Gasteiger partial charge >= 0.3 is 6.18 Å². The molecule has 3 N–H and O–H groups in total. The van der Waals surface area contributed by atoms with Crippen molar-refractivity contribution < 1.29 is 42.7 Å². The first-order valence-corrected chi connectivity index (χ1v) is 16.1. The quantitative estimate of drug-likeness (QED) is 0.161. The minimum absolute atomic E-state index is 0.0416. The molecule has 7 rings (SSSR count). The molecule has 10 nitrogen and oxygen atoms in total. The number of carbonyl (C=O) groups excluding carboxylic acids is 4. The molecule has 2 saturated heterocycles. The van der Waals surface area contributed by atoms with E-state index in [2.05, 4.69) is 26.3 Å². The number of hydrazine groups is 1. The second-order valence-electron chi connectivity index (χ2n) is 12.1. The average molecular weight is 766 g/mol. The lowest BCUT2D eigenvalue weighted by atomic mass is 9.49. The molecule has 6 atom stereocenters. The highest BCUT2D eigenvalue weighted by Gasteiger charge is 2.70. The molecule has 0 radical (unpaired) electrons. The van der Waals surface area contributed by atoms with Crippen molar-refractivity contribution in [1.29, 1.82) is 0 Å². The molecule has 6 unspecified atom stereocenters. The number of halogens is 6. The lowest BCUT2D eigenvalue weighted by Gasteiger charge is -2.50. The van der Waals surface area contributed by atoms with Gasteiger partial charge in [0.1, 0.15) is 5.75 Å². The van der Waals surface area contributed by atoms with Crippen LogP contribution in [0.25, 0.3) is 0 Å². The Kier molecular flexibility index (Phi) is 7.66. The summed E-state index contributed by atoms with van der Waals surface area (Å²) in [7, 11) is 0. The van der Waals surface area contributed by atoms with E-state index in [1.54, 1.807) is 30.3 Å². The number of nitrogens with zero attached hydrogens (tertiary/aromatic N) is 3. The van der Waals surface area contributed by atoms with Crippen molar-refractivity contribution in [2.24, 2.45) is 23.7 Å². The summed E-state index contributed by atoms with van der Waals surface area (Å²) in [4.78, 5) is 59.4. The van der Waals surface area contributed by atoms with Crippen molar-refractivity contribution in [3.05, 3.63) is 97.6 Å². The molecular formula is C32H22BrCl2F3N4O6. The molecular weight excluding hydrogens is 744 g/mol. The first-order chi connectivity index (χ1) is 22.7. The molecule has 16 heteroatoms. The lowest BCUT2D eigenvalue weighted by Crippen LogP contribution is -2.53. The zero-order chi connectivity index (χ0) is 34.4. The van der Waals surface area contributed by atoms with E-state index >= 15 is 4.79 Å². The summed E-state index contributed by atoms with van der Waals surface area (Å²) in [5.74, 6) is -9.06. The number of hydrogen-bond acceptors (Lipinski definition) is 8. The number of pyridine rings is 1. The summed E-state index contributed by atoms with van der Waals surface area (Å²) in [5, 5.41) is 22.2. The number of amides is 4. The number of allylic oxidation sites excluding steroid dienone is 2. The second-order valence-corrected chi connectivity index (χ2v) is 13.9. The number of phenolic OH excluding ortho intramolecular Hbond substituents is 1. The lowest BCUT2D eigenvalue weighted by molar-refractivity contribution is -0.173. The molecule has 3 fully saturated rings. The van der Waals surface area contributed by atoms with E-state index in [-0.39, 0.29) is 29.2 Å². The van der Waals surface area contributed by atoms with Gasteiger partial charge in [0.2, 0.25) is 0 Å². The SMILES string of the molecule is O=C1C2CC=C3C(CC4C(=O)N(Nc5ncc(C(F)(F)F)cc5Cl)C(=O)C4(c4ccc(Cl)cc4)C3c3cc(Br)ccc3O)C2C(=O)N1O. The van der Waals surface area contributed by atoms with Crippen LogP contribution in [-0.2, 0) is 30.8 Å². The van der Waals surface area contributed by atoms with E-state index < -0.39 is 81.2 Å². The first-order valence-electron chi connectivity index (χ1n) is 14.5. The number of nitrogens with one attached hydrogen (secondary N) is 1. The number of anilines is 1. The predicted octanol–water partition coefficient (Wildman–Crippen LogP) is 6.25. The average Bonchev–Trinajstić information content (AvgIpc) is 3.39. The molecule has 248 valence electrons. The smallest absolute Gasteiger partial charge is 0.417 e. The van der Waals surface area contributed by atoms with Crippen LogP contribution in [0.2, 0.25) is 10.0 Å². The van der Waals surface area contributed by atoms with Crippen LogP contribution >= 0.6 is 39.1 Å². The number of alkyl halides is 3. The zero-order valence-corrected chi connectivity index (χ0v) is 27.3. The summed E-state index contributed by atoms with van der Waals surface area (Å²) in [6.45, 7) is 0. The zero-order valence-electron chi connectivity index (χ0n) is 24.2. The Hall–Kier alpha value is -3.98. The Bertz CT molecular complexity index is 1960. The van der Waals surface area contributed by atoms with Gasteiger partial charge in [0.15, 0.2) is 5.82 Å². The Balaban J connectivity index is 1.46. The Labute approximate surface area is 288 Å². The highest BCUT2D eigenvalue weighted by atomic mass is 79.9. The fourth-order valence-corrected chi connectivity index (χ4v) is 8.58. The highest BCUT2D eigenvalue weighted by Crippen LogP contribution is 2.65. The second kappa shape index (κ2) is 11.3. The molecule has 4 aliphatic rings. The van der Waals surface area contributed by atoms with Crippen LogP contribution in [0, 0.1) is 23.7 Å². The van der Waals surface area contributed by atoms with E-state index in [1.165, 1.54) is 18.2 Å². The number of carbonyl (C=O) groups is 4. The van der Waals surface area contributed by atoms with Crippen molar-refractivity contribution in [3.63, 3.8) is 0 Å². The summed E-state index contributed by atoms with van der Waals surface area (Å²) in [6, 6.07) is 11.4. The number of aromatic nitrogens is 1. The molecule has 2 aliphatic heterocycles. The van der Waals surface area contributed by atoms with Crippen LogP contribution < -0.4 is 5.43 Å². The van der Waals surface area contributed by atoms with Crippen molar-refractivity contribution in [2.45, 2.75) is 30.4 Å². The molecule has 0 bridgehead atoms. The minimum atomic E-state index is -4.76. The van der Waals surface area contributed by atoms with Crippen molar-refractivity contribution >= 4 is 68.6 Å². The van der Waals surface area contributed by atoms with Crippen LogP contribution in [0.3, 0.4) is 0 Å². The molecule has 4 amide bonds. The third kappa shape index (κ3) is 4.67. The van der Waals surface area contributed by atoms with E-state index in [4.69, 9.17) is 23.2 Å². The molecule has 3 heterocycles. The topological polar surface area (TPSA) is 140 Å². The number of rotatable bonds is 4. The van der Waals surface area contributed by atoms with Crippen molar-refractivity contribution in [1.82, 2.24) is 15.1 Å². The van der Waals surface area contributed by atoms with Crippen LogP contribution in [0.15, 0.2) is 70.8 Å². The molecule has 2 aromatic carbocycles. The van der Waals surface area contributed by atoms with Crippen LogP contribution in [-0.4, -0.2) is 49.0 Å². The third-order valence-electron chi connectivity index (χ3n) is 9.83. The number of fused-ring (bicyclic) bond motifs is 4. The summed E-state index contributed by atoms with van der Waals surface area (Å²) < 4.78 is 40.5. The maximum Gasteiger partial charge on any atom is 0.417 e. The number of imide groups is 2. The fourth-order valence-electron chi connectivity index (χ4n) is 7.87. The van der Waals surface area contributed by atoms with Gasteiger partial charge in [-0.05, 0) is 60.7 Å². The van der Waals surface area contributed by atoms with Crippen molar-refractivity contribution in [2.75, 3.05) is 5.43 Å². The van der Waals surface area contributed by atoms with Gasteiger partial charge < -0.3 is 5.11 Å². The van der Waals surface area contributed by atoms with Gasteiger partial charge in [0.25, 0.3) is 23.6 Å². The monoisotopic (exact) mass is 764 g/mol. The van der Waals surface area contributed by atoms with E-state index in [1.807, 2.05) is 0 Å². The predicted molar refractivity (Wildman–Crippen MR) is 166 cm³/mol. The largest absolute Gasteiger partial charge is 0.508 e. The van der Waals surface area contributed by atoms with Gasteiger partial charge in [-0.1, -0.05) is 62.9 Å². The fraction of sp³-hybridized carbons (Fsp3) is 0.281. The van der Waals surface area contributed by atoms with Gasteiger partial charge in [0, 0.05) is 27.2 Å². The molecule has 2 aliphatic carbocycles. The molecule has 48 heavy (non-hydrogen) atoms. The Morgan fingerprint density at radius 2 is 1.69 bits per heavy atom. The number of phenols is 1. The maximum atomic E-state index is 15.0. The summed E-state index contributed by atoms with van der Waals surface area (Å²) >= 11 is 15.8. The Morgan fingerprint density at radius 1 is 0.979 bits per heavy atom. The van der Waals surface area contributed by atoms with E-state index in [9.17, 15) is 37.9 Å². The standard InChI is InChI=1S/C32H22BrCl2F3N4O6/c33-15-3-8-23(43)20(10-15)25-17-6-7-18-24(29(46)42(48)27(18)44)19(17)11-21-28(45)41(30(47)31(21,25)13-1-4-16(34)5-2-13)40-26-22(35)9-14(12-39-26)32(36,37)38/h1-6,8-10,12,18-19,21,24-25,43,48H,7,11H2,(H,39,40). The maximum absolute atomic E-state index is 15.0. The third-order valence-corrected chi connectivity index (χ3v) is 10.9. The molecule has 0 spiro atoms. The van der Waals surface area contributed by atoms with Gasteiger partial charge in [-0.3, -0.25) is 29.8 Å². The Morgan fingerprint density at radius 3 is 2.35 bits per heavy atom. The van der Waals surface area contributed by atoms with Gasteiger partial charge in [-0.25, -0.2) is 4.98 Å². The summed E-state index contributed by atoms with van der Waals surface area (Å²) in [5.41, 5.74) is 0.632.